The van der Waals surface area contributed by atoms with Crippen molar-refractivity contribution in [3.05, 3.63) is 17.0 Å². The number of amides is 2. The van der Waals surface area contributed by atoms with E-state index in [2.05, 4.69) is 5.10 Å². The molecular formula is C18H28N4O2. The molecule has 0 spiro atoms. The fourth-order valence-corrected chi connectivity index (χ4v) is 3.94. The average Bonchev–Trinajstić information content (AvgIpc) is 3.19. The molecule has 2 amide bonds. The smallest absolute Gasteiger partial charge is 0.227 e. The molecule has 1 aliphatic heterocycles. The second-order valence-corrected chi connectivity index (χ2v) is 7.14. The predicted molar refractivity (Wildman–Crippen MR) is 91.5 cm³/mol. The van der Waals surface area contributed by atoms with Gasteiger partial charge in [-0.25, -0.2) is 0 Å². The Labute approximate surface area is 143 Å². The van der Waals surface area contributed by atoms with Gasteiger partial charge in [0.15, 0.2) is 0 Å². The van der Waals surface area contributed by atoms with Crippen LogP contribution in [0.2, 0.25) is 0 Å². The summed E-state index contributed by atoms with van der Waals surface area (Å²) in [6.07, 6.45) is 4.84. The molecule has 2 fully saturated rings. The summed E-state index contributed by atoms with van der Waals surface area (Å²) in [5, 5.41) is 4.38. The first-order valence-corrected chi connectivity index (χ1v) is 9.03. The molecule has 1 aliphatic carbocycles. The van der Waals surface area contributed by atoms with Crippen LogP contribution < -0.4 is 0 Å². The Morgan fingerprint density at radius 1 is 1.04 bits per heavy atom. The maximum absolute atomic E-state index is 12.6. The molecule has 2 heterocycles. The summed E-state index contributed by atoms with van der Waals surface area (Å²) in [6.45, 7) is 6.60. The van der Waals surface area contributed by atoms with E-state index in [0.717, 1.165) is 29.8 Å². The largest absolute Gasteiger partial charge is 0.339 e. The number of rotatable bonds is 3. The van der Waals surface area contributed by atoms with Crippen LogP contribution in [-0.2, 0) is 23.1 Å². The lowest BCUT2D eigenvalue weighted by molar-refractivity contribution is -0.141. The maximum atomic E-state index is 12.6. The van der Waals surface area contributed by atoms with Crippen LogP contribution in [0.4, 0.5) is 0 Å². The highest BCUT2D eigenvalue weighted by Gasteiger charge is 2.30. The zero-order valence-electron chi connectivity index (χ0n) is 15.0. The summed E-state index contributed by atoms with van der Waals surface area (Å²) in [5.74, 6) is 0.675. The molecule has 1 saturated carbocycles. The van der Waals surface area contributed by atoms with Crippen molar-refractivity contribution in [2.24, 2.45) is 13.0 Å². The Bertz CT molecular complexity index is 623. The molecule has 0 aromatic carbocycles. The van der Waals surface area contributed by atoms with Gasteiger partial charge in [0.05, 0.1) is 12.1 Å². The van der Waals surface area contributed by atoms with Crippen molar-refractivity contribution in [1.82, 2.24) is 19.6 Å². The lowest BCUT2D eigenvalue weighted by atomic mass is 10.1. The van der Waals surface area contributed by atoms with E-state index >= 15 is 0 Å². The number of aromatic nitrogens is 2. The number of aryl methyl sites for hydroxylation is 2. The van der Waals surface area contributed by atoms with Crippen LogP contribution in [0.3, 0.4) is 0 Å². The fourth-order valence-electron chi connectivity index (χ4n) is 3.94. The fraction of sp³-hybridized carbons (Fsp3) is 0.722. The van der Waals surface area contributed by atoms with Crippen LogP contribution in [0.25, 0.3) is 0 Å². The summed E-state index contributed by atoms with van der Waals surface area (Å²) in [7, 11) is 1.91. The summed E-state index contributed by atoms with van der Waals surface area (Å²) in [5.41, 5.74) is 3.02. The highest BCUT2D eigenvalue weighted by molar-refractivity contribution is 5.81. The predicted octanol–water partition coefficient (Wildman–Crippen LogP) is 1.44. The van der Waals surface area contributed by atoms with Crippen LogP contribution >= 0.6 is 0 Å². The van der Waals surface area contributed by atoms with Gasteiger partial charge in [-0.3, -0.25) is 14.3 Å². The normalized spacial score (nSPS) is 19.1. The molecule has 0 bridgehead atoms. The first-order valence-electron chi connectivity index (χ1n) is 9.03. The number of piperazine rings is 1. The van der Waals surface area contributed by atoms with Gasteiger partial charge in [-0.15, -0.1) is 0 Å². The molecular weight excluding hydrogens is 304 g/mol. The Kier molecular flexibility index (Phi) is 4.92. The number of hydrogen-bond acceptors (Lipinski definition) is 3. The quantitative estimate of drug-likeness (QED) is 0.841. The van der Waals surface area contributed by atoms with Gasteiger partial charge < -0.3 is 9.80 Å². The van der Waals surface area contributed by atoms with E-state index < -0.39 is 0 Å². The first-order chi connectivity index (χ1) is 11.5. The molecule has 24 heavy (non-hydrogen) atoms. The van der Waals surface area contributed by atoms with Crippen molar-refractivity contribution in [2.75, 3.05) is 26.2 Å². The van der Waals surface area contributed by atoms with Crippen LogP contribution in [0.1, 0.15) is 42.6 Å². The topological polar surface area (TPSA) is 58.4 Å². The van der Waals surface area contributed by atoms with Crippen LogP contribution in [0.5, 0.6) is 0 Å². The zero-order valence-corrected chi connectivity index (χ0v) is 15.0. The van der Waals surface area contributed by atoms with E-state index in [9.17, 15) is 9.59 Å². The summed E-state index contributed by atoms with van der Waals surface area (Å²) in [6, 6.07) is 0. The highest BCUT2D eigenvalue weighted by Crippen LogP contribution is 2.27. The van der Waals surface area contributed by atoms with Gasteiger partial charge in [0.2, 0.25) is 11.8 Å². The zero-order chi connectivity index (χ0) is 17.3. The van der Waals surface area contributed by atoms with Gasteiger partial charge in [-0.1, -0.05) is 12.8 Å². The Hall–Kier alpha value is -1.85. The van der Waals surface area contributed by atoms with Crippen molar-refractivity contribution in [2.45, 2.75) is 46.0 Å². The van der Waals surface area contributed by atoms with Crippen LogP contribution in [0.15, 0.2) is 0 Å². The molecule has 0 radical (unpaired) electrons. The number of carbonyl (C=O) groups is 2. The second-order valence-electron chi connectivity index (χ2n) is 7.14. The van der Waals surface area contributed by atoms with Gasteiger partial charge >= 0.3 is 0 Å². The SMILES string of the molecule is Cc1nn(C)c(C)c1CC(=O)N1CCN(C(=O)C2CCCC2)CC1. The Morgan fingerprint density at radius 3 is 2.17 bits per heavy atom. The van der Waals surface area contributed by atoms with E-state index in [1.54, 1.807) is 0 Å². The van der Waals surface area contributed by atoms with Crippen LogP contribution in [0, 0.1) is 19.8 Å². The molecule has 0 N–H and O–H groups in total. The number of nitrogens with zero attached hydrogens (tertiary/aromatic N) is 4. The second kappa shape index (κ2) is 6.95. The number of hydrogen-bond donors (Lipinski definition) is 0. The third-order valence-corrected chi connectivity index (χ3v) is 5.64. The molecule has 3 rings (SSSR count). The van der Waals surface area contributed by atoms with Crippen molar-refractivity contribution in [3.8, 4) is 0 Å². The molecule has 6 nitrogen and oxygen atoms in total. The van der Waals surface area contributed by atoms with Gasteiger partial charge in [-0.2, -0.15) is 5.10 Å². The average molecular weight is 332 g/mol. The standard InChI is InChI=1S/C18H28N4O2/c1-13-16(14(2)20(3)19-13)12-17(23)21-8-10-22(11-9-21)18(24)15-6-4-5-7-15/h15H,4-12H2,1-3H3. The van der Waals surface area contributed by atoms with Gasteiger partial charge in [-0.05, 0) is 26.7 Å². The molecule has 1 aromatic heterocycles. The highest BCUT2D eigenvalue weighted by atomic mass is 16.2. The molecule has 0 unspecified atom stereocenters. The van der Waals surface area contributed by atoms with Crippen molar-refractivity contribution < 1.29 is 9.59 Å². The van der Waals surface area contributed by atoms with Crippen LogP contribution in [-0.4, -0.2) is 57.6 Å². The molecule has 132 valence electrons. The van der Waals surface area contributed by atoms with E-state index in [1.807, 2.05) is 35.4 Å². The number of carbonyl (C=O) groups excluding carboxylic acids is 2. The molecule has 6 heteroatoms. The summed E-state index contributed by atoms with van der Waals surface area (Å²) >= 11 is 0. The van der Waals surface area contributed by atoms with E-state index in [1.165, 1.54) is 12.8 Å². The van der Waals surface area contributed by atoms with E-state index in [0.29, 0.717) is 38.5 Å². The van der Waals surface area contributed by atoms with Crippen molar-refractivity contribution >= 4 is 11.8 Å². The molecule has 0 atom stereocenters. The van der Waals surface area contributed by atoms with Gasteiger partial charge in [0.1, 0.15) is 0 Å². The molecule has 1 aromatic rings. The first kappa shape index (κ1) is 17.0. The summed E-state index contributed by atoms with van der Waals surface area (Å²) in [4.78, 5) is 28.9. The van der Waals surface area contributed by atoms with E-state index in [-0.39, 0.29) is 11.8 Å². The minimum atomic E-state index is 0.141. The van der Waals surface area contributed by atoms with Gasteiger partial charge in [0, 0.05) is 50.4 Å². The summed E-state index contributed by atoms with van der Waals surface area (Å²) < 4.78 is 1.83. The monoisotopic (exact) mass is 332 g/mol. The lowest BCUT2D eigenvalue weighted by Gasteiger charge is -2.36. The molecule has 2 aliphatic rings. The Morgan fingerprint density at radius 2 is 1.62 bits per heavy atom. The maximum Gasteiger partial charge on any atom is 0.227 e. The third-order valence-electron chi connectivity index (χ3n) is 5.64. The van der Waals surface area contributed by atoms with Gasteiger partial charge in [0.25, 0.3) is 0 Å². The Balaban J connectivity index is 1.54. The van der Waals surface area contributed by atoms with Crippen molar-refractivity contribution in [3.63, 3.8) is 0 Å². The molecule has 1 saturated heterocycles. The minimum Gasteiger partial charge on any atom is -0.339 e. The lowest BCUT2D eigenvalue weighted by Crippen LogP contribution is -2.52. The van der Waals surface area contributed by atoms with Crippen molar-refractivity contribution in [1.29, 1.82) is 0 Å². The third kappa shape index (κ3) is 3.32. The minimum absolute atomic E-state index is 0.141. The van der Waals surface area contributed by atoms with E-state index in [4.69, 9.17) is 0 Å².